The molecule has 2 nitrogen and oxygen atoms in total. The fourth-order valence-corrected chi connectivity index (χ4v) is 5.90. The fraction of sp³-hybridized carbons (Fsp3) is 1.00. The minimum Gasteiger partial charge on any atom is -0.393 e. The van der Waals surface area contributed by atoms with Crippen LogP contribution in [0.25, 0.3) is 0 Å². The van der Waals surface area contributed by atoms with Crippen LogP contribution < -0.4 is 0 Å². The van der Waals surface area contributed by atoms with Crippen molar-refractivity contribution >= 4 is 0 Å². The van der Waals surface area contributed by atoms with Gasteiger partial charge in [0.05, 0.1) is 12.2 Å². The number of hydrogen-bond acceptors (Lipinski definition) is 2. The summed E-state index contributed by atoms with van der Waals surface area (Å²) in [4.78, 5) is 0. The van der Waals surface area contributed by atoms with Crippen LogP contribution in [0.1, 0.15) is 52.9 Å². The van der Waals surface area contributed by atoms with Crippen LogP contribution in [-0.2, 0) is 4.74 Å². The van der Waals surface area contributed by atoms with Gasteiger partial charge in [-0.2, -0.15) is 0 Å². The van der Waals surface area contributed by atoms with Gasteiger partial charge in [0, 0.05) is 7.11 Å². The number of fused-ring (bicyclic) bond motifs is 4. The first-order chi connectivity index (χ1) is 9.52. The molecule has 0 heterocycles. The molecule has 0 radical (unpaired) electrons. The highest BCUT2D eigenvalue weighted by Crippen LogP contribution is 2.55. The topological polar surface area (TPSA) is 29.5 Å². The first-order valence-corrected chi connectivity index (χ1v) is 8.73. The van der Waals surface area contributed by atoms with Crippen LogP contribution in [0.4, 0.5) is 0 Å². The van der Waals surface area contributed by atoms with Gasteiger partial charge in [-0.15, -0.1) is 0 Å². The van der Waals surface area contributed by atoms with E-state index in [2.05, 4.69) is 20.8 Å². The molecule has 20 heavy (non-hydrogen) atoms. The molecule has 8 unspecified atom stereocenters. The molecular weight excluding hydrogens is 248 g/mol. The van der Waals surface area contributed by atoms with Crippen LogP contribution in [0.15, 0.2) is 0 Å². The maximum Gasteiger partial charge on any atom is 0.0575 e. The van der Waals surface area contributed by atoms with E-state index in [9.17, 15) is 5.11 Å². The minimum atomic E-state index is -0.0943. The van der Waals surface area contributed by atoms with E-state index in [0.717, 1.165) is 48.3 Å². The third kappa shape index (κ3) is 2.33. The Morgan fingerprint density at radius 1 is 0.800 bits per heavy atom. The summed E-state index contributed by atoms with van der Waals surface area (Å²) in [5.74, 6) is 5.19. The van der Waals surface area contributed by atoms with Gasteiger partial charge in [0.2, 0.25) is 0 Å². The summed E-state index contributed by atoms with van der Waals surface area (Å²) in [6.07, 6.45) is 6.24. The Balaban J connectivity index is 1.87. The Morgan fingerprint density at radius 2 is 1.55 bits per heavy atom. The first kappa shape index (κ1) is 14.8. The van der Waals surface area contributed by atoms with Crippen molar-refractivity contribution in [2.75, 3.05) is 7.11 Å². The quantitative estimate of drug-likeness (QED) is 0.793. The Labute approximate surface area is 124 Å². The zero-order valence-electron chi connectivity index (χ0n) is 13.6. The van der Waals surface area contributed by atoms with Gasteiger partial charge in [0.25, 0.3) is 0 Å². The lowest BCUT2D eigenvalue weighted by molar-refractivity contribution is -0.0371. The molecule has 0 aromatic heterocycles. The average Bonchev–Trinajstić information content (AvgIpc) is 2.52. The standard InChI is InChI=1S/C18H32O2/c1-10-7-16-12(3)15(11(10)2)9-18(19)17-8-13(20-4)5-6-14(16)17/h10-19H,5-9H2,1-4H3/t10-,11?,12?,13?,14?,15?,16?,17?,18?/m1/s1. The lowest BCUT2D eigenvalue weighted by atomic mass is 9.59. The van der Waals surface area contributed by atoms with Gasteiger partial charge >= 0.3 is 0 Å². The predicted octanol–water partition coefficient (Wildman–Crippen LogP) is 3.73. The van der Waals surface area contributed by atoms with Gasteiger partial charge in [-0.1, -0.05) is 20.8 Å². The molecule has 2 heteroatoms. The van der Waals surface area contributed by atoms with Crippen molar-refractivity contribution in [2.24, 2.45) is 41.4 Å². The van der Waals surface area contributed by atoms with Crippen molar-refractivity contribution < 1.29 is 9.84 Å². The maximum atomic E-state index is 10.8. The third-order valence-electron chi connectivity index (χ3n) is 7.37. The zero-order chi connectivity index (χ0) is 14.4. The van der Waals surface area contributed by atoms with Gasteiger partial charge in [-0.3, -0.25) is 0 Å². The SMILES string of the molecule is COC1CCC2C(C1)C(O)CC1C(C)C2C[C@@H](C)C1C. The molecule has 0 aromatic rings. The maximum absolute atomic E-state index is 10.8. The average molecular weight is 280 g/mol. The molecule has 3 aliphatic carbocycles. The Kier molecular flexibility index (Phi) is 4.16. The summed E-state index contributed by atoms with van der Waals surface area (Å²) in [5.41, 5.74) is 0. The molecule has 116 valence electrons. The van der Waals surface area contributed by atoms with Crippen LogP contribution in [0.3, 0.4) is 0 Å². The molecule has 3 rings (SSSR count). The van der Waals surface area contributed by atoms with E-state index in [1.807, 2.05) is 7.11 Å². The second kappa shape index (κ2) is 5.61. The van der Waals surface area contributed by atoms with Gasteiger partial charge in [0.1, 0.15) is 0 Å². The van der Waals surface area contributed by atoms with E-state index in [1.54, 1.807) is 0 Å². The number of hydrogen-bond donors (Lipinski definition) is 1. The monoisotopic (exact) mass is 280 g/mol. The van der Waals surface area contributed by atoms with E-state index >= 15 is 0 Å². The van der Waals surface area contributed by atoms with Crippen molar-refractivity contribution in [3.8, 4) is 0 Å². The van der Waals surface area contributed by atoms with E-state index in [-0.39, 0.29) is 6.10 Å². The second-order valence-electron chi connectivity index (χ2n) is 8.06. The summed E-state index contributed by atoms with van der Waals surface area (Å²) in [6.45, 7) is 7.32. The van der Waals surface area contributed by atoms with Gasteiger partial charge in [-0.05, 0) is 73.5 Å². The van der Waals surface area contributed by atoms with Gasteiger partial charge in [0.15, 0.2) is 0 Å². The van der Waals surface area contributed by atoms with Crippen LogP contribution in [-0.4, -0.2) is 24.4 Å². The van der Waals surface area contributed by atoms with Crippen molar-refractivity contribution in [2.45, 2.75) is 65.1 Å². The third-order valence-corrected chi connectivity index (χ3v) is 7.37. The number of aliphatic hydroxyl groups excluding tert-OH is 1. The fourth-order valence-electron chi connectivity index (χ4n) is 5.90. The van der Waals surface area contributed by atoms with Crippen molar-refractivity contribution in [3.63, 3.8) is 0 Å². The number of methoxy groups -OCH3 is 1. The van der Waals surface area contributed by atoms with Crippen LogP contribution in [0.2, 0.25) is 0 Å². The van der Waals surface area contributed by atoms with Gasteiger partial charge in [-0.25, -0.2) is 0 Å². The van der Waals surface area contributed by atoms with Crippen LogP contribution >= 0.6 is 0 Å². The normalized spacial score (nSPS) is 56.0. The predicted molar refractivity (Wildman–Crippen MR) is 81.3 cm³/mol. The molecule has 1 N–H and O–H groups in total. The zero-order valence-corrected chi connectivity index (χ0v) is 13.6. The van der Waals surface area contributed by atoms with E-state index < -0.39 is 0 Å². The van der Waals surface area contributed by atoms with Crippen molar-refractivity contribution in [1.29, 1.82) is 0 Å². The molecule has 0 aliphatic heterocycles. The summed E-state index contributed by atoms with van der Waals surface area (Å²) < 4.78 is 5.60. The molecule has 2 bridgehead atoms. The Bertz CT molecular complexity index is 342. The summed E-state index contributed by atoms with van der Waals surface area (Å²) >= 11 is 0. The molecule has 3 aliphatic rings. The highest BCUT2D eigenvalue weighted by molar-refractivity contribution is 4.99. The van der Waals surface area contributed by atoms with Gasteiger partial charge < -0.3 is 9.84 Å². The summed E-state index contributed by atoms with van der Waals surface area (Å²) in [7, 11) is 1.83. The molecule has 3 fully saturated rings. The molecule has 0 aromatic carbocycles. The molecule has 0 amide bonds. The first-order valence-electron chi connectivity index (χ1n) is 8.73. The second-order valence-corrected chi connectivity index (χ2v) is 8.06. The number of ether oxygens (including phenoxy) is 1. The Morgan fingerprint density at radius 3 is 2.25 bits per heavy atom. The van der Waals surface area contributed by atoms with E-state index in [4.69, 9.17) is 4.74 Å². The highest BCUT2D eigenvalue weighted by atomic mass is 16.5. The largest absolute Gasteiger partial charge is 0.393 e. The van der Waals surface area contributed by atoms with Crippen LogP contribution in [0, 0.1) is 41.4 Å². The summed E-state index contributed by atoms with van der Waals surface area (Å²) in [6, 6.07) is 0. The van der Waals surface area contributed by atoms with Crippen molar-refractivity contribution in [1.82, 2.24) is 0 Å². The number of rotatable bonds is 1. The molecular formula is C18H32O2. The minimum absolute atomic E-state index is 0.0943. The molecule has 0 spiro atoms. The van der Waals surface area contributed by atoms with Crippen LogP contribution in [0.5, 0.6) is 0 Å². The smallest absolute Gasteiger partial charge is 0.0575 e. The van der Waals surface area contributed by atoms with Crippen molar-refractivity contribution in [3.05, 3.63) is 0 Å². The Hall–Kier alpha value is -0.0800. The highest BCUT2D eigenvalue weighted by Gasteiger charge is 2.50. The molecule has 9 atom stereocenters. The molecule has 0 saturated heterocycles. The molecule has 3 saturated carbocycles. The van der Waals surface area contributed by atoms with E-state index in [0.29, 0.717) is 12.0 Å². The lowest BCUT2D eigenvalue weighted by Crippen LogP contribution is -2.41. The van der Waals surface area contributed by atoms with E-state index in [1.165, 1.54) is 19.3 Å². The lowest BCUT2D eigenvalue weighted by Gasteiger charge is -2.47. The number of aliphatic hydroxyl groups is 1. The summed E-state index contributed by atoms with van der Waals surface area (Å²) in [5, 5.41) is 10.8.